The van der Waals surface area contributed by atoms with Gasteiger partial charge in [-0.1, -0.05) is 12.1 Å². The maximum absolute atomic E-state index is 12.0. The first-order valence-corrected chi connectivity index (χ1v) is 10.0. The summed E-state index contributed by atoms with van der Waals surface area (Å²) < 4.78 is 26.6. The number of aromatic nitrogens is 2. The van der Waals surface area contributed by atoms with Gasteiger partial charge in [0.15, 0.2) is 0 Å². The van der Waals surface area contributed by atoms with Crippen LogP contribution in [0.5, 0.6) is 0 Å². The minimum absolute atomic E-state index is 0.190. The number of hydrogen-bond acceptors (Lipinski definition) is 4. The van der Waals surface area contributed by atoms with Crippen LogP contribution in [0.2, 0.25) is 0 Å². The average Bonchev–Trinajstić information content (AvgIpc) is 3.32. The molecular weight excluding hydrogens is 324 g/mol. The highest BCUT2D eigenvalue weighted by atomic mass is 32.2. The van der Waals surface area contributed by atoms with Crippen LogP contribution in [0.3, 0.4) is 0 Å². The van der Waals surface area contributed by atoms with Gasteiger partial charge in [-0.3, -0.25) is 9.82 Å². The van der Waals surface area contributed by atoms with Crippen LogP contribution in [-0.2, 0) is 10.0 Å². The molecule has 2 N–H and O–H groups in total. The quantitative estimate of drug-likeness (QED) is 0.872. The van der Waals surface area contributed by atoms with E-state index in [2.05, 4.69) is 32.0 Å². The SMILES string of the molecule is O=S(=O)(Nc1ccc(C2CCN(c3cn[nH]c3)CC2)cc1)C1CC1. The fraction of sp³-hybridized carbons (Fsp3) is 0.471. The summed E-state index contributed by atoms with van der Waals surface area (Å²) in [6, 6.07) is 7.89. The van der Waals surface area contributed by atoms with Crippen molar-refractivity contribution < 1.29 is 8.42 Å². The molecule has 1 aromatic carbocycles. The van der Waals surface area contributed by atoms with Gasteiger partial charge in [0.2, 0.25) is 10.0 Å². The lowest BCUT2D eigenvalue weighted by Crippen LogP contribution is -2.32. The molecule has 2 fully saturated rings. The number of anilines is 2. The molecule has 1 aromatic heterocycles. The van der Waals surface area contributed by atoms with Crippen LogP contribution < -0.4 is 9.62 Å². The number of nitrogens with zero attached hydrogens (tertiary/aromatic N) is 2. The van der Waals surface area contributed by atoms with Crippen molar-refractivity contribution in [3.63, 3.8) is 0 Å². The molecule has 0 bridgehead atoms. The van der Waals surface area contributed by atoms with Crippen LogP contribution in [0.4, 0.5) is 11.4 Å². The highest BCUT2D eigenvalue weighted by Gasteiger charge is 2.35. The maximum atomic E-state index is 12.0. The number of piperidine rings is 1. The molecule has 7 heteroatoms. The largest absolute Gasteiger partial charge is 0.369 e. The molecule has 2 aliphatic rings. The van der Waals surface area contributed by atoms with E-state index in [1.54, 1.807) is 0 Å². The molecule has 6 nitrogen and oxygen atoms in total. The first-order valence-electron chi connectivity index (χ1n) is 8.47. The molecule has 0 amide bonds. The summed E-state index contributed by atoms with van der Waals surface area (Å²) in [5.41, 5.74) is 3.11. The second kappa shape index (κ2) is 6.12. The van der Waals surface area contributed by atoms with Gasteiger partial charge in [-0.2, -0.15) is 5.10 Å². The number of nitrogens with one attached hydrogen (secondary N) is 2. The molecule has 4 rings (SSSR count). The third-order valence-corrected chi connectivity index (χ3v) is 6.82. The smallest absolute Gasteiger partial charge is 0.235 e. The van der Waals surface area contributed by atoms with Gasteiger partial charge in [0.05, 0.1) is 17.1 Å². The Hall–Kier alpha value is -2.02. The van der Waals surface area contributed by atoms with E-state index in [4.69, 9.17) is 0 Å². The minimum Gasteiger partial charge on any atom is -0.369 e. The van der Waals surface area contributed by atoms with E-state index in [0.29, 0.717) is 11.6 Å². The Morgan fingerprint density at radius 3 is 2.38 bits per heavy atom. The second-order valence-electron chi connectivity index (χ2n) is 6.69. The van der Waals surface area contributed by atoms with Gasteiger partial charge in [0, 0.05) is 25.0 Å². The molecule has 0 unspecified atom stereocenters. The van der Waals surface area contributed by atoms with Gasteiger partial charge in [0.25, 0.3) is 0 Å². The average molecular weight is 346 g/mol. The van der Waals surface area contributed by atoms with Crippen molar-refractivity contribution in [2.45, 2.75) is 36.9 Å². The summed E-state index contributed by atoms with van der Waals surface area (Å²) in [4.78, 5) is 2.35. The molecule has 1 saturated carbocycles. The van der Waals surface area contributed by atoms with Crippen molar-refractivity contribution in [2.75, 3.05) is 22.7 Å². The Labute approximate surface area is 142 Å². The third-order valence-electron chi connectivity index (χ3n) is 4.95. The Balaban J connectivity index is 1.37. The zero-order chi connectivity index (χ0) is 16.6. The Kier molecular flexibility index (Phi) is 3.96. The van der Waals surface area contributed by atoms with Gasteiger partial charge in [-0.25, -0.2) is 8.42 Å². The highest BCUT2D eigenvalue weighted by Crippen LogP contribution is 2.32. The number of hydrogen-bond donors (Lipinski definition) is 2. The van der Waals surface area contributed by atoms with Gasteiger partial charge in [0.1, 0.15) is 0 Å². The Bertz CT molecular complexity index is 775. The van der Waals surface area contributed by atoms with E-state index < -0.39 is 10.0 Å². The van der Waals surface area contributed by atoms with E-state index in [-0.39, 0.29) is 5.25 Å². The van der Waals surface area contributed by atoms with Crippen LogP contribution in [0, 0.1) is 0 Å². The second-order valence-corrected chi connectivity index (χ2v) is 8.65. The van der Waals surface area contributed by atoms with Crippen LogP contribution in [0.1, 0.15) is 37.2 Å². The summed E-state index contributed by atoms with van der Waals surface area (Å²) in [5.74, 6) is 0.530. The molecule has 2 heterocycles. The third kappa shape index (κ3) is 3.26. The van der Waals surface area contributed by atoms with Crippen molar-refractivity contribution >= 4 is 21.4 Å². The van der Waals surface area contributed by atoms with E-state index in [1.165, 1.54) is 5.56 Å². The summed E-state index contributed by atoms with van der Waals surface area (Å²) >= 11 is 0. The molecule has 0 radical (unpaired) electrons. The predicted molar refractivity (Wildman–Crippen MR) is 94.8 cm³/mol. The lowest BCUT2D eigenvalue weighted by molar-refractivity contribution is 0.505. The zero-order valence-corrected chi connectivity index (χ0v) is 14.3. The molecule has 128 valence electrons. The first-order chi connectivity index (χ1) is 11.6. The van der Waals surface area contributed by atoms with Crippen molar-refractivity contribution in [1.29, 1.82) is 0 Å². The molecular formula is C17H22N4O2S. The molecule has 2 aromatic rings. The Morgan fingerprint density at radius 1 is 1.08 bits per heavy atom. The number of aromatic amines is 1. The van der Waals surface area contributed by atoms with Crippen LogP contribution in [0.25, 0.3) is 0 Å². The van der Waals surface area contributed by atoms with Crippen molar-refractivity contribution in [1.82, 2.24) is 10.2 Å². The van der Waals surface area contributed by atoms with E-state index in [1.807, 2.05) is 24.5 Å². The maximum Gasteiger partial charge on any atom is 0.235 e. The molecule has 1 saturated heterocycles. The van der Waals surface area contributed by atoms with Gasteiger partial charge in [-0.15, -0.1) is 0 Å². The summed E-state index contributed by atoms with van der Waals surface area (Å²) in [5, 5.41) is 6.68. The molecule has 0 spiro atoms. The number of H-pyrrole nitrogens is 1. The zero-order valence-electron chi connectivity index (χ0n) is 13.5. The van der Waals surface area contributed by atoms with E-state index in [0.717, 1.165) is 44.5 Å². The van der Waals surface area contributed by atoms with Crippen LogP contribution in [0.15, 0.2) is 36.7 Å². The van der Waals surface area contributed by atoms with Gasteiger partial charge in [-0.05, 0) is 49.3 Å². The Morgan fingerprint density at radius 2 is 1.79 bits per heavy atom. The topological polar surface area (TPSA) is 78.1 Å². The monoisotopic (exact) mass is 346 g/mol. The van der Waals surface area contributed by atoms with E-state index in [9.17, 15) is 8.42 Å². The fourth-order valence-electron chi connectivity index (χ4n) is 3.34. The van der Waals surface area contributed by atoms with Gasteiger partial charge < -0.3 is 4.90 Å². The lowest BCUT2D eigenvalue weighted by atomic mass is 9.89. The van der Waals surface area contributed by atoms with E-state index >= 15 is 0 Å². The fourth-order valence-corrected chi connectivity index (χ4v) is 4.73. The number of rotatable bonds is 5. The predicted octanol–water partition coefficient (Wildman–Crippen LogP) is 2.70. The molecule has 0 atom stereocenters. The van der Waals surface area contributed by atoms with Crippen LogP contribution >= 0.6 is 0 Å². The molecule has 1 aliphatic carbocycles. The van der Waals surface area contributed by atoms with Crippen molar-refractivity contribution in [3.8, 4) is 0 Å². The summed E-state index contributed by atoms with van der Waals surface area (Å²) in [6.07, 6.45) is 7.55. The van der Waals surface area contributed by atoms with Gasteiger partial charge >= 0.3 is 0 Å². The first kappa shape index (κ1) is 15.5. The number of benzene rings is 1. The van der Waals surface area contributed by atoms with Crippen LogP contribution in [-0.4, -0.2) is 37.0 Å². The normalized spacial score (nSPS) is 19.4. The van der Waals surface area contributed by atoms with Crippen molar-refractivity contribution in [2.24, 2.45) is 0 Å². The summed E-state index contributed by atoms with van der Waals surface area (Å²) in [7, 11) is -3.18. The standard InChI is InChI=1S/C17H22N4O2S/c22-24(23,17-5-6-17)20-15-3-1-13(2-4-15)14-7-9-21(10-8-14)16-11-18-19-12-16/h1-4,11-12,14,17,20H,5-10H2,(H,18,19). The minimum atomic E-state index is -3.18. The highest BCUT2D eigenvalue weighted by molar-refractivity contribution is 7.93. The number of sulfonamides is 1. The lowest BCUT2D eigenvalue weighted by Gasteiger charge is -2.32. The summed E-state index contributed by atoms with van der Waals surface area (Å²) in [6.45, 7) is 2.03. The van der Waals surface area contributed by atoms with Crippen molar-refractivity contribution in [3.05, 3.63) is 42.2 Å². The molecule has 24 heavy (non-hydrogen) atoms. The molecule has 1 aliphatic heterocycles.